The van der Waals surface area contributed by atoms with Crippen LogP contribution < -0.4 is 16.3 Å². The number of fused-ring (bicyclic) bond motifs is 3. The van der Waals surface area contributed by atoms with Crippen molar-refractivity contribution >= 4 is 50.3 Å². The van der Waals surface area contributed by atoms with E-state index < -0.39 is 6.04 Å². The first-order chi connectivity index (χ1) is 20.0. The lowest BCUT2D eigenvalue weighted by molar-refractivity contribution is 0.602. The monoisotopic (exact) mass is 560 g/mol. The zero-order chi connectivity index (χ0) is 28.1. The van der Waals surface area contributed by atoms with Crippen molar-refractivity contribution in [1.29, 1.82) is 0 Å². The number of benzene rings is 3. The lowest BCUT2D eigenvalue weighted by Crippen LogP contribution is -2.27. The van der Waals surface area contributed by atoms with Crippen LogP contribution in [0.1, 0.15) is 18.7 Å². The summed E-state index contributed by atoms with van der Waals surface area (Å²) in [4.78, 5) is 43.0. The van der Waals surface area contributed by atoms with Gasteiger partial charge < -0.3 is 14.7 Å². The summed E-state index contributed by atoms with van der Waals surface area (Å²) in [5, 5.41) is 5.12. The highest BCUT2D eigenvalue weighted by molar-refractivity contribution is 6.36. The molecule has 0 aliphatic carbocycles. The van der Waals surface area contributed by atoms with E-state index in [1.807, 2.05) is 73.7 Å². The van der Waals surface area contributed by atoms with Gasteiger partial charge in [0, 0.05) is 23.3 Å². The van der Waals surface area contributed by atoms with Gasteiger partial charge in [-0.2, -0.15) is 0 Å². The highest BCUT2D eigenvalue weighted by atomic mass is 35.5. The van der Waals surface area contributed by atoms with Gasteiger partial charge in [-0.1, -0.05) is 54.1 Å². The molecule has 10 heteroatoms. The number of aromatic amines is 1. The summed E-state index contributed by atoms with van der Waals surface area (Å²) in [6, 6.07) is 21.5. The molecule has 0 saturated carbocycles. The van der Waals surface area contributed by atoms with E-state index in [0.29, 0.717) is 55.1 Å². The molecule has 7 rings (SSSR count). The van der Waals surface area contributed by atoms with Gasteiger partial charge in [-0.3, -0.25) is 14.2 Å². The van der Waals surface area contributed by atoms with Crippen molar-refractivity contribution in [2.75, 3.05) is 5.32 Å². The predicted octanol–water partition coefficient (Wildman–Crippen LogP) is 6.26. The molecule has 0 spiro atoms. The van der Waals surface area contributed by atoms with Gasteiger partial charge in [0.25, 0.3) is 5.56 Å². The van der Waals surface area contributed by atoms with Gasteiger partial charge in [0.2, 0.25) is 0 Å². The summed E-state index contributed by atoms with van der Waals surface area (Å²) >= 11 is 7.19. The Morgan fingerprint density at radius 2 is 1.80 bits per heavy atom. The van der Waals surface area contributed by atoms with Crippen LogP contribution in [-0.2, 0) is 0 Å². The third-order valence-electron chi connectivity index (χ3n) is 7.15. The molecule has 4 heterocycles. The van der Waals surface area contributed by atoms with Crippen molar-refractivity contribution in [1.82, 2.24) is 24.5 Å². The fourth-order valence-corrected chi connectivity index (χ4v) is 5.70. The number of rotatable bonds is 5. The molecule has 2 N–H and O–H groups in total. The van der Waals surface area contributed by atoms with Gasteiger partial charge in [-0.15, -0.1) is 0 Å². The Bertz CT molecular complexity index is 2220. The number of para-hydroxylation sites is 1. The fraction of sp³-hybridized carbons (Fsp3) is 0.0645. The number of aromatic nitrogens is 5. The molecule has 0 aliphatic rings. The Labute approximate surface area is 237 Å². The number of anilines is 1. The van der Waals surface area contributed by atoms with Gasteiger partial charge in [0.05, 0.1) is 22.1 Å². The number of nitrogens with zero attached hydrogens (tertiary/aromatic N) is 4. The van der Waals surface area contributed by atoms with E-state index in [2.05, 4.69) is 25.3 Å². The summed E-state index contributed by atoms with van der Waals surface area (Å²) in [6.07, 6.45) is 4.31. The van der Waals surface area contributed by atoms with Gasteiger partial charge >= 0.3 is 0 Å². The summed E-state index contributed by atoms with van der Waals surface area (Å²) < 4.78 is 7.02. The van der Waals surface area contributed by atoms with Gasteiger partial charge in [-0.25, -0.2) is 15.0 Å². The summed E-state index contributed by atoms with van der Waals surface area (Å²) in [7, 11) is 0. The van der Waals surface area contributed by atoms with E-state index in [0.717, 1.165) is 11.1 Å². The minimum Gasteiger partial charge on any atom is -0.443 e. The first-order valence-corrected chi connectivity index (χ1v) is 13.2. The minimum absolute atomic E-state index is 0.229. The summed E-state index contributed by atoms with van der Waals surface area (Å²) in [6.45, 7) is 1.87. The Balaban J connectivity index is 1.48. The molecular formula is C31H21ClN6O3. The Hall–Kier alpha value is -5.28. The molecule has 0 bridgehead atoms. The third-order valence-corrected chi connectivity index (χ3v) is 7.55. The minimum atomic E-state index is -0.535. The molecule has 4 aromatic heterocycles. The van der Waals surface area contributed by atoms with Crippen molar-refractivity contribution in [3.05, 3.63) is 123 Å². The first kappa shape index (κ1) is 24.7. The molecule has 200 valence electrons. The lowest BCUT2D eigenvalue weighted by Gasteiger charge is -2.24. The van der Waals surface area contributed by atoms with Crippen molar-refractivity contribution in [2.24, 2.45) is 0 Å². The van der Waals surface area contributed by atoms with Crippen LogP contribution in [0.2, 0.25) is 5.02 Å². The van der Waals surface area contributed by atoms with Crippen LogP contribution in [0.25, 0.3) is 49.7 Å². The Morgan fingerprint density at radius 3 is 2.66 bits per heavy atom. The smallest absolute Gasteiger partial charge is 0.263 e. The summed E-state index contributed by atoms with van der Waals surface area (Å²) in [5.74, 6) is 0.335. The van der Waals surface area contributed by atoms with Crippen molar-refractivity contribution in [3.8, 4) is 16.8 Å². The second-order valence-corrected chi connectivity index (χ2v) is 9.97. The van der Waals surface area contributed by atoms with Crippen LogP contribution in [0.4, 0.5) is 5.82 Å². The van der Waals surface area contributed by atoms with Crippen LogP contribution in [0, 0.1) is 0 Å². The number of hydrogen-bond acceptors (Lipinski definition) is 7. The number of pyridine rings is 2. The molecule has 0 radical (unpaired) electrons. The van der Waals surface area contributed by atoms with Gasteiger partial charge in [0.15, 0.2) is 17.4 Å². The van der Waals surface area contributed by atoms with E-state index in [9.17, 15) is 9.59 Å². The number of nitrogens with one attached hydrogen (secondary N) is 2. The van der Waals surface area contributed by atoms with Crippen LogP contribution in [0.3, 0.4) is 0 Å². The first-order valence-electron chi connectivity index (χ1n) is 12.9. The van der Waals surface area contributed by atoms with Crippen LogP contribution >= 0.6 is 11.6 Å². The highest BCUT2D eigenvalue weighted by Gasteiger charge is 2.24. The predicted molar refractivity (Wildman–Crippen MR) is 160 cm³/mol. The maximum atomic E-state index is 14.5. The van der Waals surface area contributed by atoms with E-state index in [1.54, 1.807) is 4.57 Å². The average Bonchev–Trinajstić information content (AvgIpc) is 3.47. The average molecular weight is 561 g/mol. The maximum absolute atomic E-state index is 14.5. The lowest BCUT2D eigenvalue weighted by atomic mass is 9.97. The van der Waals surface area contributed by atoms with Crippen LogP contribution in [0.5, 0.6) is 0 Å². The largest absolute Gasteiger partial charge is 0.443 e. The van der Waals surface area contributed by atoms with Crippen LogP contribution in [0.15, 0.2) is 106 Å². The molecule has 0 unspecified atom stereocenters. The van der Waals surface area contributed by atoms with E-state index in [4.69, 9.17) is 16.0 Å². The number of hydrogen-bond donors (Lipinski definition) is 2. The number of halogens is 1. The van der Waals surface area contributed by atoms with Gasteiger partial charge in [0.1, 0.15) is 28.7 Å². The fourth-order valence-electron chi connectivity index (χ4n) is 5.30. The second kappa shape index (κ2) is 9.72. The molecule has 9 nitrogen and oxygen atoms in total. The molecular weight excluding hydrogens is 540 g/mol. The number of oxazole rings is 1. The molecule has 41 heavy (non-hydrogen) atoms. The van der Waals surface area contributed by atoms with E-state index >= 15 is 0 Å². The Kier molecular flexibility index (Phi) is 5.87. The molecule has 0 saturated heterocycles. The zero-order valence-corrected chi connectivity index (χ0v) is 22.4. The van der Waals surface area contributed by atoms with Gasteiger partial charge in [-0.05, 0) is 42.3 Å². The number of H-pyrrole nitrogens is 1. The second-order valence-electron chi connectivity index (χ2n) is 9.59. The normalized spacial score (nSPS) is 12.2. The molecule has 3 aromatic carbocycles. The maximum Gasteiger partial charge on any atom is 0.263 e. The molecule has 0 aliphatic heterocycles. The molecule has 0 fully saturated rings. The standard InChI is InChI=1S/C31H21ClN6O3/c1-17(37-30-26-23(39)12-13-33-29(26)34-15-35-30)28-27(32)21-9-5-8-20(18-10-11-24-22(14-18)36-16-41-24)25(21)31(40)38(28)19-6-3-2-4-7-19/h2-17H,1H3,(H2,33,34,35,37,39)/t17-/m0/s1. The quantitative estimate of drug-likeness (QED) is 0.255. The Morgan fingerprint density at radius 1 is 0.951 bits per heavy atom. The van der Waals surface area contributed by atoms with Crippen molar-refractivity contribution in [3.63, 3.8) is 0 Å². The van der Waals surface area contributed by atoms with E-state index in [1.165, 1.54) is 25.0 Å². The third kappa shape index (κ3) is 4.06. The molecule has 0 amide bonds. The molecule has 1 atom stereocenters. The summed E-state index contributed by atoms with van der Waals surface area (Å²) in [5.41, 5.74) is 4.01. The SMILES string of the molecule is C[C@H](Nc1ncnc2[nH]ccc(=O)c12)c1c(Cl)c2cccc(-c3ccc4ocnc4c3)c2c(=O)n1-c1ccccc1. The topological polar surface area (TPSA) is 119 Å². The van der Waals surface area contributed by atoms with E-state index in [-0.39, 0.29) is 11.0 Å². The zero-order valence-electron chi connectivity index (χ0n) is 21.6. The highest BCUT2D eigenvalue weighted by Crippen LogP contribution is 2.37. The van der Waals surface area contributed by atoms with Crippen LogP contribution in [-0.4, -0.2) is 24.5 Å². The molecule has 7 aromatic rings. The van der Waals surface area contributed by atoms with Crippen molar-refractivity contribution in [2.45, 2.75) is 13.0 Å². The van der Waals surface area contributed by atoms with Crippen molar-refractivity contribution < 1.29 is 4.42 Å².